The smallest absolute Gasteiger partial charge is 0.258 e. The zero-order valence-corrected chi connectivity index (χ0v) is 8.79. The van der Waals surface area contributed by atoms with Gasteiger partial charge in [0.15, 0.2) is 6.61 Å². The summed E-state index contributed by atoms with van der Waals surface area (Å²) in [6, 6.07) is 6.00. The Morgan fingerprint density at radius 3 is 3.00 bits per heavy atom. The average molecular weight is 222 g/mol. The van der Waals surface area contributed by atoms with E-state index in [4.69, 9.17) is 10.00 Å². The number of hydrogen-bond donors (Lipinski definition) is 1. The van der Waals surface area contributed by atoms with Crippen LogP contribution >= 0.6 is 0 Å². The molecule has 0 saturated carbocycles. The molecule has 16 heavy (non-hydrogen) atoms. The first-order valence-corrected chi connectivity index (χ1v) is 4.66. The van der Waals surface area contributed by atoms with Crippen LogP contribution in [-0.4, -0.2) is 19.1 Å². The molecule has 5 heteroatoms. The van der Waals surface area contributed by atoms with E-state index >= 15 is 0 Å². The topological polar surface area (TPSA) is 62.1 Å². The molecule has 0 fully saturated rings. The number of hydrogen-bond acceptors (Lipinski definition) is 3. The molecule has 0 aliphatic carbocycles. The molecule has 1 aromatic carbocycles. The molecule has 1 rings (SSSR count). The van der Waals surface area contributed by atoms with Crippen molar-refractivity contribution in [2.45, 2.75) is 6.92 Å². The molecule has 0 spiro atoms. The minimum absolute atomic E-state index is 0.0510. The van der Waals surface area contributed by atoms with Crippen LogP contribution in [0.4, 0.5) is 4.39 Å². The minimum atomic E-state index is -0.386. The molecular formula is C11H11FN2O2. The molecule has 1 N–H and O–H groups in total. The first kappa shape index (κ1) is 12.0. The predicted octanol–water partition coefficient (Wildman–Crippen LogP) is 1.15. The van der Waals surface area contributed by atoms with Crippen molar-refractivity contribution >= 4 is 5.91 Å². The molecule has 0 aliphatic rings. The number of halogens is 1. The molecule has 0 aliphatic heterocycles. The summed E-state index contributed by atoms with van der Waals surface area (Å²) < 4.78 is 18.0. The summed E-state index contributed by atoms with van der Waals surface area (Å²) >= 11 is 0. The maximum Gasteiger partial charge on any atom is 0.258 e. The van der Waals surface area contributed by atoms with Gasteiger partial charge in [-0.1, -0.05) is 0 Å². The second-order valence-electron chi connectivity index (χ2n) is 3.13. The number of benzene rings is 1. The van der Waals surface area contributed by atoms with Gasteiger partial charge >= 0.3 is 0 Å². The van der Waals surface area contributed by atoms with Crippen molar-refractivity contribution in [3.63, 3.8) is 0 Å². The first-order chi connectivity index (χ1) is 7.63. The van der Waals surface area contributed by atoms with E-state index in [1.807, 2.05) is 0 Å². The second kappa shape index (κ2) is 5.71. The highest BCUT2D eigenvalue weighted by Gasteiger charge is 2.03. The Balaban J connectivity index is 2.46. The van der Waals surface area contributed by atoms with Gasteiger partial charge in [0, 0.05) is 0 Å². The normalized spacial score (nSPS) is 9.31. The van der Waals surface area contributed by atoms with Crippen LogP contribution in [0.2, 0.25) is 0 Å². The summed E-state index contributed by atoms with van der Waals surface area (Å²) in [7, 11) is 0. The zero-order chi connectivity index (χ0) is 12.0. The standard InChI is InChI=1S/C11H11FN2O2/c1-8-6-9(2-3-10(8)12)16-7-11(15)14-5-4-13/h2-3,6H,5,7H2,1H3,(H,14,15). The highest BCUT2D eigenvalue weighted by atomic mass is 19.1. The molecular weight excluding hydrogens is 211 g/mol. The van der Waals surface area contributed by atoms with E-state index in [0.29, 0.717) is 11.3 Å². The number of ether oxygens (including phenoxy) is 1. The number of aryl methyl sites for hydroxylation is 1. The molecule has 0 radical (unpaired) electrons. The van der Waals surface area contributed by atoms with E-state index < -0.39 is 0 Å². The Labute approximate surface area is 92.6 Å². The van der Waals surface area contributed by atoms with E-state index in [-0.39, 0.29) is 24.9 Å². The maximum atomic E-state index is 12.9. The second-order valence-corrected chi connectivity index (χ2v) is 3.13. The van der Waals surface area contributed by atoms with Gasteiger partial charge in [-0.2, -0.15) is 5.26 Å². The lowest BCUT2D eigenvalue weighted by molar-refractivity contribution is -0.122. The molecule has 0 bridgehead atoms. The van der Waals surface area contributed by atoms with Crippen LogP contribution in [-0.2, 0) is 4.79 Å². The van der Waals surface area contributed by atoms with Gasteiger partial charge in [0.05, 0.1) is 6.07 Å². The van der Waals surface area contributed by atoms with Crippen LogP contribution in [0.15, 0.2) is 18.2 Å². The fourth-order valence-corrected chi connectivity index (χ4v) is 1.04. The van der Waals surface area contributed by atoms with Crippen molar-refractivity contribution in [1.82, 2.24) is 5.32 Å². The van der Waals surface area contributed by atoms with Crippen LogP contribution < -0.4 is 10.1 Å². The van der Waals surface area contributed by atoms with Crippen molar-refractivity contribution in [3.05, 3.63) is 29.6 Å². The summed E-state index contributed by atoms with van der Waals surface area (Å²) in [6.45, 7) is 1.37. The van der Waals surface area contributed by atoms with Crippen LogP contribution in [0.3, 0.4) is 0 Å². The average Bonchev–Trinajstić information content (AvgIpc) is 2.28. The Morgan fingerprint density at radius 2 is 2.38 bits per heavy atom. The Hall–Kier alpha value is -2.09. The predicted molar refractivity (Wildman–Crippen MR) is 55.3 cm³/mol. The van der Waals surface area contributed by atoms with Gasteiger partial charge in [-0.3, -0.25) is 4.79 Å². The van der Waals surface area contributed by atoms with Crippen molar-refractivity contribution in [2.75, 3.05) is 13.2 Å². The molecule has 84 valence electrons. The zero-order valence-electron chi connectivity index (χ0n) is 8.79. The molecule has 1 aromatic rings. The first-order valence-electron chi connectivity index (χ1n) is 4.66. The van der Waals surface area contributed by atoms with E-state index in [2.05, 4.69) is 5.32 Å². The molecule has 0 aromatic heterocycles. The number of nitrogens with zero attached hydrogens (tertiary/aromatic N) is 1. The van der Waals surface area contributed by atoms with Crippen LogP contribution in [0.5, 0.6) is 5.75 Å². The highest BCUT2D eigenvalue weighted by molar-refractivity contribution is 5.77. The van der Waals surface area contributed by atoms with Gasteiger partial charge in [-0.25, -0.2) is 4.39 Å². The largest absolute Gasteiger partial charge is 0.484 e. The fraction of sp³-hybridized carbons (Fsp3) is 0.273. The molecule has 1 amide bonds. The summed E-state index contributed by atoms with van der Waals surface area (Å²) in [5.74, 6) is -0.282. The summed E-state index contributed by atoms with van der Waals surface area (Å²) in [5, 5.41) is 10.5. The van der Waals surface area contributed by atoms with Crippen molar-refractivity contribution < 1.29 is 13.9 Å². The fourth-order valence-electron chi connectivity index (χ4n) is 1.04. The Bertz CT molecular complexity index is 426. The lowest BCUT2D eigenvalue weighted by Gasteiger charge is -2.06. The Kier molecular flexibility index (Phi) is 4.28. The quantitative estimate of drug-likeness (QED) is 0.777. The third-order valence-electron chi connectivity index (χ3n) is 1.86. The molecule has 0 heterocycles. The third-order valence-corrected chi connectivity index (χ3v) is 1.86. The van der Waals surface area contributed by atoms with Gasteiger partial charge in [0.1, 0.15) is 18.1 Å². The van der Waals surface area contributed by atoms with Crippen LogP contribution in [0, 0.1) is 24.1 Å². The number of nitrogens with one attached hydrogen (secondary N) is 1. The molecule has 0 atom stereocenters. The van der Waals surface area contributed by atoms with E-state index in [1.54, 1.807) is 13.0 Å². The van der Waals surface area contributed by atoms with Gasteiger partial charge in [0.25, 0.3) is 5.91 Å². The van der Waals surface area contributed by atoms with Gasteiger partial charge in [-0.05, 0) is 30.7 Å². The van der Waals surface area contributed by atoms with Crippen molar-refractivity contribution in [2.24, 2.45) is 0 Å². The third kappa shape index (κ3) is 3.58. The summed E-state index contributed by atoms with van der Waals surface area (Å²) in [6.07, 6.45) is 0. The highest BCUT2D eigenvalue weighted by Crippen LogP contribution is 2.15. The summed E-state index contributed by atoms with van der Waals surface area (Å²) in [5.41, 5.74) is 0.454. The van der Waals surface area contributed by atoms with Gasteiger partial charge < -0.3 is 10.1 Å². The Morgan fingerprint density at radius 1 is 1.62 bits per heavy atom. The summed E-state index contributed by atoms with van der Waals surface area (Å²) in [4.78, 5) is 11.1. The van der Waals surface area contributed by atoms with Crippen molar-refractivity contribution in [1.29, 1.82) is 5.26 Å². The SMILES string of the molecule is Cc1cc(OCC(=O)NCC#N)ccc1F. The molecule has 0 unspecified atom stereocenters. The number of amides is 1. The molecule has 4 nitrogen and oxygen atoms in total. The van der Waals surface area contributed by atoms with E-state index in [9.17, 15) is 9.18 Å². The maximum absolute atomic E-state index is 12.9. The van der Waals surface area contributed by atoms with E-state index in [1.165, 1.54) is 18.2 Å². The van der Waals surface area contributed by atoms with E-state index in [0.717, 1.165) is 0 Å². The number of nitriles is 1. The number of carbonyl (C=O) groups excluding carboxylic acids is 1. The van der Waals surface area contributed by atoms with Crippen LogP contribution in [0.25, 0.3) is 0 Å². The lowest BCUT2D eigenvalue weighted by atomic mass is 10.2. The monoisotopic (exact) mass is 222 g/mol. The van der Waals surface area contributed by atoms with Gasteiger partial charge in [-0.15, -0.1) is 0 Å². The lowest BCUT2D eigenvalue weighted by Crippen LogP contribution is -2.29. The number of rotatable bonds is 4. The van der Waals surface area contributed by atoms with Gasteiger partial charge in [0.2, 0.25) is 0 Å². The van der Waals surface area contributed by atoms with Crippen molar-refractivity contribution in [3.8, 4) is 11.8 Å². The van der Waals surface area contributed by atoms with Crippen LogP contribution in [0.1, 0.15) is 5.56 Å². The molecule has 0 saturated heterocycles. The number of carbonyl (C=O) groups is 1. The minimum Gasteiger partial charge on any atom is -0.484 e.